The number of nitrogens with one attached hydrogen (secondary N) is 1. The molecule has 38 heavy (non-hydrogen) atoms. The Morgan fingerprint density at radius 1 is 1.16 bits per heavy atom. The molecule has 0 bridgehead atoms. The van der Waals surface area contributed by atoms with Crippen LogP contribution in [0.4, 0.5) is 18.0 Å². The van der Waals surface area contributed by atoms with Gasteiger partial charge in [-0.2, -0.15) is 13.2 Å². The maximum absolute atomic E-state index is 13.2. The van der Waals surface area contributed by atoms with Gasteiger partial charge in [0.25, 0.3) is 11.5 Å². The number of carbonyl (C=O) groups is 2. The molecule has 212 valence electrons. The van der Waals surface area contributed by atoms with Gasteiger partial charge < -0.3 is 14.2 Å². The average Bonchev–Trinajstić information content (AvgIpc) is 3.10. The fourth-order valence-electron chi connectivity index (χ4n) is 3.31. The highest BCUT2D eigenvalue weighted by Crippen LogP contribution is 2.29. The van der Waals surface area contributed by atoms with E-state index >= 15 is 0 Å². The Kier molecular flexibility index (Phi) is 10.1. The van der Waals surface area contributed by atoms with Gasteiger partial charge in [0.05, 0.1) is 38.0 Å². The molecule has 0 aromatic carbocycles. The molecule has 2 aromatic heterocycles. The number of thiophene rings is 1. The lowest BCUT2D eigenvalue weighted by Crippen LogP contribution is -2.47. The molecule has 0 radical (unpaired) electrons. The van der Waals surface area contributed by atoms with E-state index in [-0.39, 0.29) is 40.0 Å². The van der Waals surface area contributed by atoms with E-state index < -0.39 is 41.6 Å². The van der Waals surface area contributed by atoms with Crippen LogP contribution in [0.5, 0.6) is 0 Å². The van der Waals surface area contributed by atoms with Crippen molar-refractivity contribution in [2.45, 2.75) is 66.0 Å². The Morgan fingerprint density at radius 2 is 1.82 bits per heavy atom. The molecule has 2 aromatic rings. The van der Waals surface area contributed by atoms with Crippen molar-refractivity contribution in [1.29, 1.82) is 0 Å². The Bertz CT molecular complexity index is 1310. The number of ether oxygens (including phenoxy) is 3. The number of aryl methyl sites for hydroxylation is 1. The highest BCUT2D eigenvalue weighted by atomic mass is 32.1. The first kappa shape index (κ1) is 30.9. The number of rotatable bonds is 9. The lowest BCUT2D eigenvalue weighted by Gasteiger charge is -2.25. The summed E-state index contributed by atoms with van der Waals surface area (Å²) >= 11 is 0.942. The first-order chi connectivity index (χ1) is 17.6. The van der Waals surface area contributed by atoms with Gasteiger partial charge in [-0.3, -0.25) is 18.7 Å². The molecule has 0 spiro atoms. The third kappa shape index (κ3) is 8.08. The van der Waals surface area contributed by atoms with Crippen LogP contribution >= 0.6 is 11.3 Å². The summed E-state index contributed by atoms with van der Waals surface area (Å²) in [5, 5.41) is 0.812. The number of fused-ring (bicyclic) bond motifs is 1. The molecular weight excluding hydrogens is 533 g/mol. The van der Waals surface area contributed by atoms with Crippen LogP contribution < -0.4 is 16.7 Å². The van der Waals surface area contributed by atoms with Crippen LogP contribution in [-0.2, 0) is 38.6 Å². The van der Waals surface area contributed by atoms with Gasteiger partial charge in [-0.25, -0.2) is 20.0 Å². The second-order valence-corrected chi connectivity index (χ2v) is 10.1. The molecular formula is C23H31F3N4O7S. The molecule has 1 N–H and O–H groups in total. The van der Waals surface area contributed by atoms with Crippen molar-refractivity contribution in [2.75, 3.05) is 20.3 Å². The lowest BCUT2D eigenvalue weighted by atomic mass is 10.2. The Balaban J connectivity index is 2.64. The topological polar surface area (TPSA) is 121 Å². The molecule has 2 rings (SSSR count). The number of halogens is 3. The molecule has 0 aliphatic heterocycles. The van der Waals surface area contributed by atoms with E-state index in [1.807, 2.05) is 0 Å². The quantitative estimate of drug-likeness (QED) is 0.282. The van der Waals surface area contributed by atoms with Crippen molar-refractivity contribution in [3.05, 3.63) is 43.6 Å². The zero-order valence-electron chi connectivity index (χ0n) is 21.9. The van der Waals surface area contributed by atoms with Crippen LogP contribution in [0.1, 0.15) is 38.1 Å². The summed E-state index contributed by atoms with van der Waals surface area (Å²) in [5.74, 6) is -0.701. The molecule has 0 aliphatic rings. The number of amides is 2. The zero-order chi connectivity index (χ0) is 28.8. The summed E-state index contributed by atoms with van der Waals surface area (Å²) in [4.78, 5) is 51.6. The van der Waals surface area contributed by atoms with E-state index in [1.54, 1.807) is 27.7 Å². The van der Waals surface area contributed by atoms with Crippen LogP contribution in [0.2, 0.25) is 0 Å². The molecule has 0 fully saturated rings. The Labute approximate surface area is 220 Å². The molecule has 15 heteroatoms. The predicted octanol–water partition coefficient (Wildman–Crippen LogP) is 3.06. The summed E-state index contributed by atoms with van der Waals surface area (Å²) in [6.45, 7) is 6.24. The second kappa shape index (κ2) is 12.5. The largest absolute Gasteiger partial charge is 0.501 e. The fraction of sp³-hybridized carbons (Fsp3) is 0.565. The lowest BCUT2D eigenvalue weighted by molar-refractivity contribution is -0.142. The summed E-state index contributed by atoms with van der Waals surface area (Å²) in [6, 6.07) is 0. The van der Waals surface area contributed by atoms with Gasteiger partial charge in [-0.1, -0.05) is 0 Å². The maximum atomic E-state index is 13.2. The van der Waals surface area contributed by atoms with Crippen LogP contribution in [0, 0.1) is 6.92 Å². The molecule has 0 atom stereocenters. The summed E-state index contributed by atoms with van der Waals surface area (Å²) < 4.78 is 55.9. The minimum atomic E-state index is -4.81. The van der Waals surface area contributed by atoms with E-state index in [1.165, 1.54) is 14.0 Å². The number of hydrogen-bond acceptors (Lipinski definition) is 8. The zero-order valence-corrected chi connectivity index (χ0v) is 22.7. The molecule has 0 unspecified atom stereocenters. The van der Waals surface area contributed by atoms with Crippen molar-refractivity contribution < 1.29 is 37.0 Å². The number of hydrogen-bond donors (Lipinski definition) is 1. The van der Waals surface area contributed by atoms with Crippen molar-refractivity contribution >= 4 is 33.6 Å². The van der Waals surface area contributed by atoms with Gasteiger partial charge in [-0.05, 0) is 40.2 Å². The monoisotopic (exact) mass is 564 g/mol. The van der Waals surface area contributed by atoms with Gasteiger partial charge in [0.15, 0.2) is 0 Å². The highest BCUT2D eigenvalue weighted by Gasteiger charge is 2.32. The maximum Gasteiger partial charge on any atom is 0.426 e. The highest BCUT2D eigenvalue weighted by molar-refractivity contribution is 7.18. The molecule has 0 saturated carbocycles. The predicted molar refractivity (Wildman–Crippen MR) is 134 cm³/mol. The SMILES string of the molecule is CCO/C=C/C(=O)N(Cc1sc2c(c1C)c(=O)n(CC(F)(F)F)c(=O)n2CCOC)NC(=O)OC(C)(C)C. The fourth-order valence-corrected chi connectivity index (χ4v) is 4.61. The Morgan fingerprint density at radius 3 is 2.37 bits per heavy atom. The van der Waals surface area contributed by atoms with Crippen molar-refractivity contribution in [2.24, 2.45) is 0 Å². The number of alkyl halides is 3. The smallest absolute Gasteiger partial charge is 0.426 e. The van der Waals surface area contributed by atoms with E-state index in [4.69, 9.17) is 14.2 Å². The van der Waals surface area contributed by atoms with Gasteiger partial charge in [0.1, 0.15) is 17.0 Å². The Hall–Kier alpha value is -3.33. The molecule has 0 saturated heterocycles. The van der Waals surface area contributed by atoms with Crippen molar-refractivity contribution in [3.8, 4) is 0 Å². The summed E-state index contributed by atoms with van der Waals surface area (Å²) in [5.41, 5.74) is -0.509. The van der Waals surface area contributed by atoms with Crippen LogP contribution in [-0.4, -0.2) is 58.2 Å². The second-order valence-electron chi connectivity index (χ2n) is 9.06. The van der Waals surface area contributed by atoms with Gasteiger partial charge in [0.2, 0.25) is 0 Å². The van der Waals surface area contributed by atoms with Crippen molar-refractivity contribution in [1.82, 2.24) is 19.6 Å². The number of methoxy groups -OCH3 is 1. The van der Waals surface area contributed by atoms with E-state index in [0.29, 0.717) is 11.5 Å². The average molecular weight is 565 g/mol. The van der Waals surface area contributed by atoms with Crippen LogP contribution in [0.3, 0.4) is 0 Å². The van der Waals surface area contributed by atoms with E-state index in [0.717, 1.165) is 33.3 Å². The van der Waals surface area contributed by atoms with Gasteiger partial charge >= 0.3 is 18.0 Å². The third-order valence-electron chi connectivity index (χ3n) is 4.92. The number of carbonyl (C=O) groups excluding carboxylic acids is 2. The normalized spacial score (nSPS) is 12.2. The first-order valence-electron chi connectivity index (χ1n) is 11.5. The molecule has 0 aliphatic carbocycles. The summed E-state index contributed by atoms with van der Waals surface area (Å²) in [7, 11) is 1.36. The van der Waals surface area contributed by atoms with Gasteiger partial charge in [0, 0.05) is 18.1 Å². The van der Waals surface area contributed by atoms with Gasteiger partial charge in [-0.15, -0.1) is 11.3 Å². The molecule has 11 nitrogen and oxygen atoms in total. The molecule has 2 amide bonds. The van der Waals surface area contributed by atoms with E-state index in [2.05, 4.69) is 5.43 Å². The summed E-state index contributed by atoms with van der Waals surface area (Å²) in [6.07, 6.45) is -3.54. The minimum Gasteiger partial charge on any atom is -0.501 e. The number of aromatic nitrogens is 2. The first-order valence-corrected chi connectivity index (χ1v) is 12.3. The minimum absolute atomic E-state index is 0.00145. The standard InChI is InChI=1S/C23H31F3N4O7S/c1-7-36-10-8-16(31)30(27-20(33)37-22(3,4)5)12-15-14(2)17-18(32)29(13-23(24,25)26)21(34)28(9-11-35-6)19(17)38-15/h8,10H,7,9,11-13H2,1-6H3,(H,27,33)/b10-8+. The third-order valence-corrected chi connectivity index (χ3v) is 6.22. The van der Waals surface area contributed by atoms with Crippen molar-refractivity contribution in [3.63, 3.8) is 0 Å². The van der Waals surface area contributed by atoms with E-state index in [9.17, 15) is 32.3 Å². The number of nitrogens with zero attached hydrogens (tertiary/aromatic N) is 3. The van der Waals surface area contributed by atoms with Crippen LogP contribution in [0.25, 0.3) is 10.2 Å². The van der Waals surface area contributed by atoms with Crippen LogP contribution in [0.15, 0.2) is 21.9 Å². The number of hydrazine groups is 1. The molecule has 2 heterocycles.